The molecule has 2 aliphatic heterocycles. The van der Waals surface area contributed by atoms with Gasteiger partial charge in [0.05, 0.1) is 32.1 Å². The number of aromatic nitrogens is 2. The molecule has 0 saturated carbocycles. The minimum absolute atomic E-state index is 0.0727. The SMILES string of the molecule is COc1cc2c(cc1OC)CN([C@H]1CCN(c3cnn(C)c3)C1=O)CC2. The summed E-state index contributed by atoms with van der Waals surface area (Å²) in [6, 6.07) is 4.03. The molecule has 1 aromatic carbocycles. The first-order valence-corrected chi connectivity index (χ1v) is 8.88. The summed E-state index contributed by atoms with van der Waals surface area (Å²) in [4.78, 5) is 17.1. The Hall–Kier alpha value is -2.54. The number of carbonyl (C=O) groups excluding carboxylic acids is 1. The van der Waals surface area contributed by atoms with E-state index in [2.05, 4.69) is 16.1 Å². The summed E-state index contributed by atoms with van der Waals surface area (Å²) in [5.74, 6) is 1.67. The number of aryl methyl sites for hydroxylation is 1. The first-order valence-electron chi connectivity index (χ1n) is 8.88. The van der Waals surface area contributed by atoms with Gasteiger partial charge in [0.25, 0.3) is 0 Å². The van der Waals surface area contributed by atoms with Crippen molar-refractivity contribution in [1.29, 1.82) is 0 Å². The number of ether oxygens (including phenoxy) is 2. The van der Waals surface area contributed by atoms with Gasteiger partial charge in [-0.3, -0.25) is 14.4 Å². The van der Waals surface area contributed by atoms with E-state index in [1.807, 2.05) is 24.2 Å². The maximum absolute atomic E-state index is 13.0. The van der Waals surface area contributed by atoms with Gasteiger partial charge in [-0.15, -0.1) is 0 Å². The standard InChI is InChI=1S/C19H24N4O3/c1-21-12-15(10-20-21)23-7-5-16(19(23)24)22-6-4-13-8-17(25-2)18(26-3)9-14(13)11-22/h8-10,12,16H,4-7,11H2,1-3H3/t16-/m0/s1. The normalized spacial score (nSPS) is 20.3. The number of fused-ring (bicyclic) bond motifs is 1. The van der Waals surface area contributed by atoms with Crippen molar-refractivity contribution in [2.45, 2.75) is 25.4 Å². The van der Waals surface area contributed by atoms with Crippen LogP contribution < -0.4 is 14.4 Å². The molecule has 0 N–H and O–H groups in total. The van der Waals surface area contributed by atoms with E-state index >= 15 is 0 Å². The largest absolute Gasteiger partial charge is 0.493 e. The lowest BCUT2D eigenvalue weighted by Gasteiger charge is -2.33. The molecule has 26 heavy (non-hydrogen) atoms. The summed E-state index contributed by atoms with van der Waals surface area (Å²) in [5, 5.41) is 4.18. The van der Waals surface area contributed by atoms with Gasteiger partial charge in [0.2, 0.25) is 5.91 Å². The predicted octanol–water partition coefficient (Wildman–Crippen LogP) is 1.60. The lowest BCUT2D eigenvalue weighted by Crippen LogP contribution is -2.44. The van der Waals surface area contributed by atoms with E-state index in [9.17, 15) is 4.79 Å². The number of amides is 1. The minimum Gasteiger partial charge on any atom is -0.493 e. The maximum Gasteiger partial charge on any atom is 0.244 e. The van der Waals surface area contributed by atoms with Crippen molar-refractivity contribution in [1.82, 2.24) is 14.7 Å². The number of nitrogens with zero attached hydrogens (tertiary/aromatic N) is 4. The molecule has 2 aromatic rings. The highest BCUT2D eigenvalue weighted by Crippen LogP contribution is 2.35. The molecule has 1 atom stereocenters. The van der Waals surface area contributed by atoms with Crippen molar-refractivity contribution in [3.8, 4) is 11.5 Å². The van der Waals surface area contributed by atoms with Crippen molar-refractivity contribution in [2.75, 3.05) is 32.2 Å². The monoisotopic (exact) mass is 356 g/mol. The Bertz CT molecular complexity index is 832. The topological polar surface area (TPSA) is 59.8 Å². The molecule has 3 heterocycles. The van der Waals surface area contributed by atoms with Crippen LogP contribution in [0, 0.1) is 0 Å². The van der Waals surface area contributed by atoms with E-state index in [-0.39, 0.29) is 11.9 Å². The third kappa shape index (κ3) is 2.82. The lowest BCUT2D eigenvalue weighted by molar-refractivity contribution is -0.122. The molecule has 7 heteroatoms. The minimum atomic E-state index is -0.0727. The molecule has 0 unspecified atom stereocenters. The second-order valence-electron chi connectivity index (χ2n) is 6.86. The second kappa shape index (κ2) is 6.64. The average molecular weight is 356 g/mol. The van der Waals surface area contributed by atoms with E-state index in [1.54, 1.807) is 25.1 Å². The molecule has 1 amide bonds. The Morgan fingerprint density at radius 2 is 1.85 bits per heavy atom. The molecular weight excluding hydrogens is 332 g/mol. The third-order valence-electron chi connectivity index (χ3n) is 5.37. The van der Waals surface area contributed by atoms with E-state index in [1.165, 1.54) is 11.1 Å². The lowest BCUT2D eigenvalue weighted by atomic mass is 9.97. The quantitative estimate of drug-likeness (QED) is 0.833. The Balaban J connectivity index is 1.53. The fourth-order valence-corrected chi connectivity index (χ4v) is 3.98. The number of rotatable bonds is 4. The highest BCUT2D eigenvalue weighted by molar-refractivity contribution is 5.99. The Kier molecular flexibility index (Phi) is 4.32. The van der Waals surface area contributed by atoms with Gasteiger partial charge in [0.15, 0.2) is 11.5 Å². The van der Waals surface area contributed by atoms with Crippen molar-refractivity contribution in [3.63, 3.8) is 0 Å². The molecule has 0 spiro atoms. The summed E-state index contributed by atoms with van der Waals surface area (Å²) in [6.45, 7) is 2.37. The molecule has 1 aromatic heterocycles. The van der Waals surface area contributed by atoms with Gasteiger partial charge < -0.3 is 14.4 Å². The molecule has 1 fully saturated rings. The maximum atomic E-state index is 13.0. The summed E-state index contributed by atoms with van der Waals surface area (Å²) in [7, 11) is 5.17. The zero-order valence-corrected chi connectivity index (χ0v) is 15.4. The highest BCUT2D eigenvalue weighted by atomic mass is 16.5. The van der Waals surface area contributed by atoms with Gasteiger partial charge in [-0.2, -0.15) is 5.10 Å². The van der Waals surface area contributed by atoms with Crippen molar-refractivity contribution in [3.05, 3.63) is 35.7 Å². The van der Waals surface area contributed by atoms with Gasteiger partial charge in [-0.05, 0) is 36.1 Å². The molecule has 0 bridgehead atoms. The Labute approximate surface area is 153 Å². The molecule has 2 aliphatic rings. The van der Waals surface area contributed by atoms with Crippen LogP contribution in [0.3, 0.4) is 0 Å². The molecule has 4 rings (SSSR count). The van der Waals surface area contributed by atoms with Crippen LogP contribution in [0.1, 0.15) is 17.5 Å². The van der Waals surface area contributed by atoms with Crippen LogP contribution in [-0.2, 0) is 24.8 Å². The number of hydrogen-bond acceptors (Lipinski definition) is 5. The van der Waals surface area contributed by atoms with Crippen LogP contribution in [0.15, 0.2) is 24.5 Å². The van der Waals surface area contributed by atoms with E-state index in [0.717, 1.165) is 49.7 Å². The molecule has 0 aliphatic carbocycles. The van der Waals surface area contributed by atoms with Crippen LogP contribution in [0.5, 0.6) is 11.5 Å². The van der Waals surface area contributed by atoms with Crippen LogP contribution >= 0.6 is 0 Å². The number of carbonyl (C=O) groups is 1. The number of hydrogen-bond donors (Lipinski definition) is 0. The summed E-state index contributed by atoms with van der Waals surface area (Å²) in [6.07, 6.45) is 5.40. The fourth-order valence-electron chi connectivity index (χ4n) is 3.98. The zero-order valence-electron chi connectivity index (χ0n) is 15.4. The molecule has 138 valence electrons. The number of methoxy groups -OCH3 is 2. The van der Waals surface area contributed by atoms with Gasteiger partial charge >= 0.3 is 0 Å². The first kappa shape index (κ1) is 16.9. The van der Waals surface area contributed by atoms with Gasteiger partial charge in [-0.25, -0.2) is 0 Å². The molecular formula is C19H24N4O3. The van der Waals surface area contributed by atoms with Crippen LogP contribution in [0.25, 0.3) is 0 Å². The fraction of sp³-hybridized carbons (Fsp3) is 0.474. The first-order chi connectivity index (χ1) is 12.6. The van der Waals surface area contributed by atoms with Crippen LogP contribution in [0.4, 0.5) is 5.69 Å². The molecule has 7 nitrogen and oxygen atoms in total. The summed E-state index contributed by atoms with van der Waals surface area (Å²) in [5.41, 5.74) is 3.36. The van der Waals surface area contributed by atoms with E-state index < -0.39 is 0 Å². The Morgan fingerprint density at radius 1 is 1.12 bits per heavy atom. The smallest absolute Gasteiger partial charge is 0.244 e. The van der Waals surface area contributed by atoms with Crippen molar-refractivity contribution < 1.29 is 14.3 Å². The van der Waals surface area contributed by atoms with E-state index in [0.29, 0.717) is 0 Å². The molecule has 1 saturated heterocycles. The second-order valence-corrected chi connectivity index (χ2v) is 6.86. The zero-order chi connectivity index (χ0) is 18.3. The van der Waals surface area contributed by atoms with Crippen molar-refractivity contribution >= 4 is 11.6 Å². The van der Waals surface area contributed by atoms with Gasteiger partial charge in [-0.1, -0.05) is 0 Å². The summed E-state index contributed by atoms with van der Waals surface area (Å²) >= 11 is 0. The number of anilines is 1. The van der Waals surface area contributed by atoms with Crippen LogP contribution in [-0.4, -0.2) is 53.9 Å². The number of benzene rings is 1. The Morgan fingerprint density at radius 3 is 2.50 bits per heavy atom. The van der Waals surface area contributed by atoms with Crippen LogP contribution in [0.2, 0.25) is 0 Å². The predicted molar refractivity (Wildman–Crippen MR) is 97.6 cm³/mol. The third-order valence-corrected chi connectivity index (χ3v) is 5.37. The van der Waals surface area contributed by atoms with Gasteiger partial charge in [0.1, 0.15) is 0 Å². The highest BCUT2D eigenvalue weighted by Gasteiger charge is 2.38. The van der Waals surface area contributed by atoms with Crippen molar-refractivity contribution in [2.24, 2.45) is 7.05 Å². The van der Waals surface area contributed by atoms with Gasteiger partial charge in [0, 0.05) is 32.9 Å². The molecule has 0 radical (unpaired) electrons. The van der Waals surface area contributed by atoms with E-state index in [4.69, 9.17) is 9.47 Å². The summed E-state index contributed by atoms with van der Waals surface area (Å²) < 4.78 is 12.6. The average Bonchev–Trinajstić information content (AvgIpc) is 3.25.